The summed E-state index contributed by atoms with van der Waals surface area (Å²) >= 11 is 0. The number of fused-ring (bicyclic) bond motifs is 1. The summed E-state index contributed by atoms with van der Waals surface area (Å²) in [6.45, 7) is 1.95. The minimum atomic E-state index is -0.234. The van der Waals surface area contributed by atoms with Crippen molar-refractivity contribution in [3.63, 3.8) is 0 Å². The smallest absolute Gasteiger partial charge is 0.255 e. The van der Waals surface area contributed by atoms with E-state index in [9.17, 15) is 9.18 Å². The van der Waals surface area contributed by atoms with Crippen LogP contribution in [0.25, 0.3) is 11.4 Å². The van der Waals surface area contributed by atoms with Crippen molar-refractivity contribution in [1.82, 2.24) is 14.9 Å². The van der Waals surface area contributed by atoms with Gasteiger partial charge in [-0.15, -0.1) is 0 Å². The average Bonchev–Trinajstić information content (AvgIpc) is 2.63. The molecule has 1 aliphatic rings. The van der Waals surface area contributed by atoms with Crippen LogP contribution in [0.4, 0.5) is 4.39 Å². The molecule has 0 aliphatic carbocycles. The largest absolute Gasteiger partial charge is 0.306 e. The Morgan fingerprint density at radius 2 is 1.96 bits per heavy atom. The molecule has 0 fully saturated rings. The second-order valence-electron chi connectivity index (χ2n) is 6.30. The molecule has 5 heteroatoms. The Bertz CT molecular complexity index is 953. The van der Waals surface area contributed by atoms with Gasteiger partial charge in [-0.1, -0.05) is 42.5 Å². The molecule has 4 nitrogen and oxygen atoms in total. The van der Waals surface area contributed by atoms with E-state index in [4.69, 9.17) is 0 Å². The summed E-state index contributed by atoms with van der Waals surface area (Å²) < 4.78 is 13.3. The van der Waals surface area contributed by atoms with Crippen LogP contribution in [0.1, 0.15) is 16.8 Å². The van der Waals surface area contributed by atoms with Gasteiger partial charge in [0.25, 0.3) is 5.56 Å². The summed E-state index contributed by atoms with van der Waals surface area (Å²) in [5.41, 5.74) is 3.30. The van der Waals surface area contributed by atoms with Crippen molar-refractivity contribution in [2.45, 2.75) is 19.5 Å². The number of aromatic amines is 1. The molecule has 25 heavy (non-hydrogen) atoms. The maximum atomic E-state index is 13.3. The molecule has 0 saturated carbocycles. The Morgan fingerprint density at radius 3 is 2.76 bits per heavy atom. The maximum absolute atomic E-state index is 13.3. The van der Waals surface area contributed by atoms with E-state index in [2.05, 4.69) is 14.9 Å². The molecule has 2 heterocycles. The van der Waals surface area contributed by atoms with Gasteiger partial charge < -0.3 is 4.98 Å². The van der Waals surface area contributed by atoms with E-state index in [-0.39, 0.29) is 11.4 Å². The van der Waals surface area contributed by atoms with Crippen LogP contribution in [0.15, 0.2) is 59.4 Å². The Balaban J connectivity index is 1.58. The average molecular weight is 335 g/mol. The number of halogens is 1. The molecule has 3 aromatic rings. The van der Waals surface area contributed by atoms with Crippen molar-refractivity contribution in [1.29, 1.82) is 0 Å². The number of H-pyrrole nitrogens is 1. The lowest BCUT2D eigenvalue weighted by Crippen LogP contribution is -2.35. The predicted molar refractivity (Wildman–Crippen MR) is 94.5 cm³/mol. The molecule has 1 aromatic heterocycles. The van der Waals surface area contributed by atoms with Crippen molar-refractivity contribution in [3.8, 4) is 11.4 Å². The van der Waals surface area contributed by atoms with Gasteiger partial charge in [-0.25, -0.2) is 9.37 Å². The first-order valence-corrected chi connectivity index (χ1v) is 8.33. The summed E-state index contributed by atoms with van der Waals surface area (Å²) in [4.78, 5) is 22.2. The second-order valence-corrected chi connectivity index (χ2v) is 6.30. The van der Waals surface area contributed by atoms with E-state index < -0.39 is 0 Å². The van der Waals surface area contributed by atoms with Gasteiger partial charge in [-0.05, 0) is 17.7 Å². The standard InChI is InChI=1S/C20H18FN3O/c21-16-8-4-5-14(11-16)12-24-10-9-18-17(13-24)20(25)23-19(22-18)15-6-2-1-3-7-15/h1-8,11H,9-10,12-13H2,(H,22,23,25). The van der Waals surface area contributed by atoms with Gasteiger partial charge in [0.05, 0.1) is 11.3 Å². The normalized spacial score (nSPS) is 14.3. The van der Waals surface area contributed by atoms with E-state index in [1.54, 1.807) is 6.07 Å². The molecular weight excluding hydrogens is 317 g/mol. The monoisotopic (exact) mass is 335 g/mol. The van der Waals surface area contributed by atoms with Gasteiger partial charge >= 0.3 is 0 Å². The van der Waals surface area contributed by atoms with Crippen LogP contribution >= 0.6 is 0 Å². The van der Waals surface area contributed by atoms with Crippen LogP contribution in [-0.2, 0) is 19.5 Å². The zero-order valence-corrected chi connectivity index (χ0v) is 13.7. The van der Waals surface area contributed by atoms with E-state index in [1.165, 1.54) is 12.1 Å². The van der Waals surface area contributed by atoms with Crippen molar-refractivity contribution in [3.05, 3.63) is 87.6 Å². The van der Waals surface area contributed by atoms with E-state index in [0.29, 0.717) is 30.9 Å². The number of benzene rings is 2. The van der Waals surface area contributed by atoms with Gasteiger partial charge in [-0.3, -0.25) is 9.69 Å². The summed E-state index contributed by atoms with van der Waals surface area (Å²) in [7, 11) is 0. The van der Waals surface area contributed by atoms with E-state index in [0.717, 1.165) is 23.4 Å². The third-order valence-corrected chi connectivity index (χ3v) is 4.49. The van der Waals surface area contributed by atoms with Crippen LogP contribution in [0.3, 0.4) is 0 Å². The highest BCUT2D eigenvalue weighted by Gasteiger charge is 2.21. The lowest BCUT2D eigenvalue weighted by Gasteiger charge is -2.27. The lowest BCUT2D eigenvalue weighted by molar-refractivity contribution is 0.241. The highest BCUT2D eigenvalue weighted by Crippen LogP contribution is 2.20. The zero-order chi connectivity index (χ0) is 17.2. The fourth-order valence-electron chi connectivity index (χ4n) is 3.24. The molecule has 1 N–H and O–H groups in total. The number of hydrogen-bond acceptors (Lipinski definition) is 3. The fraction of sp³-hybridized carbons (Fsp3) is 0.200. The van der Waals surface area contributed by atoms with Crippen LogP contribution in [-0.4, -0.2) is 21.4 Å². The minimum Gasteiger partial charge on any atom is -0.306 e. The van der Waals surface area contributed by atoms with Gasteiger partial charge in [0.2, 0.25) is 0 Å². The highest BCUT2D eigenvalue weighted by atomic mass is 19.1. The predicted octanol–water partition coefficient (Wildman–Crippen LogP) is 3.13. The number of rotatable bonds is 3. The van der Waals surface area contributed by atoms with Gasteiger partial charge in [-0.2, -0.15) is 0 Å². The van der Waals surface area contributed by atoms with E-state index in [1.807, 2.05) is 36.4 Å². The number of nitrogens with one attached hydrogen (secondary N) is 1. The van der Waals surface area contributed by atoms with Crippen molar-refractivity contribution in [2.24, 2.45) is 0 Å². The van der Waals surface area contributed by atoms with E-state index >= 15 is 0 Å². The Hall–Kier alpha value is -2.79. The highest BCUT2D eigenvalue weighted by molar-refractivity contribution is 5.54. The molecule has 0 atom stereocenters. The molecule has 0 bridgehead atoms. The molecule has 4 rings (SSSR count). The molecule has 2 aromatic carbocycles. The molecule has 0 radical (unpaired) electrons. The summed E-state index contributed by atoms with van der Waals surface area (Å²) in [5.74, 6) is 0.379. The van der Waals surface area contributed by atoms with Gasteiger partial charge in [0.1, 0.15) is 11.6 Å². The van der Waals surface area contributed by atoms with Crippen LogP contribution < -0.4 is 5.56 Å². The molecule has 0 amide bonds. The number of nitrogens with zero attached hydrogens (tertiary/aromatic N) is 2. The van der Waals surface area contributed by atoms with Crippen LogP contribution in [0, 0.1) is 5.82 Å². The first kappa shape index (κ1) is 15.7. The molecule has 0 spiro atoms. The second kappa shape index (κ2) is 6.61. The first-order chi connectivity index (χ1) is 12.2. The van der Waals surface area contributed by atoms with Crippen molar-refractivity contribution in [2.75, 3.05) is 6.54 Å². The maximum Gasteiger partial charge on any atom is 0.255 e. The molecule has 126 valence electrons. The molecular formula is C20H18FN3O. The quantitative estimate of drug-likeness (QED) is 0.800. The third kappa shape index (κ3) is 3.37. The van der Waals surface area contributed by atoms with Crippen LogP contribution in [0.2, 0.25) is 0 Å². The number of aromatic nitrogens is 2. The minimum absolute atomic E-state index is 0.0900. The lowest BCUT2D eigenvalue weighted by atomic mass is 10.1. The Morgan fingerprint density at radius 1 is 1.12 bits per heavy atom. The topological polar surface area (TPSA) is 49.0 Å². The Labute approximate surface area is 145 Å². The van der Waals surface area contributed by atoms with Gasteiger partial charge in [0, 0.05) is 31.6 Å². The fourth-order valence-corrected chi connectivity index (χ4v) is 3.24. The number of hydrogen-bond donors (Lipinski definition) is 1. The first-order valence-electron chi connectivity index (χ1n) is 8.33. The third-order valence-electron chi connectivity index (χ3n) is 4.49. The summed E-state index contributed by atoms with van der Waals surface area (Å²) in [6, 6.07) is 16.2. The molecule has 0 saturated heterocycles. The Kier molecular flexibility index (Phi) is 4.15. The van der Waals surface area contributed by atoms with Crippen molar-refractivity contribution < 1.29 is 4.39 Å². The van der Waals surface area contributed by atoms with Crippen molar-refractivity contribution >= 4 is 0 Å². The zero-order valence-electron chi connectivity index (χ0n) is 13.7. The summed E-state index contributed by atoms with van der Waals surface area (Å²) in [6.07, 6.45) is 0.717. The van der Waals surface area contributed by atoms with Crippen LogP contribution in [0.5, 0.6) is 0 Å². The molecule has 0 unspecified atom stereocenters. The molecule has 1 aliphatic heterocycles. The summed E-state index contributed by atoms with van der Waals surface area (Å²) in [5, 5.41) is 0. The SMILES string of the molecule is O=c1[nH]c(-c2ccccc2)nc2c1CN(Cc1cccc(F)c1)CC2. The van der Waals surface area contributed by atoms with Gasteiger partial charge in [0.15, 0.2) is 0 Å².